The van der Waals surface area contributed by atoms with Crippen LogP contribution in [-0.4, -0.2) is 18.4 Å². The van der Waals surface area contributed by atoms with Crippen LogP contribution in [0.1, 0.15) is 18.9 Å². The molecule has 0 aliphatic heterocycles. The number of nitrogens with one attached hydrogen (secondary N) is 1. The Morgan fingerprint density at radius 3 is 2.27 bits per heavy atom. The zero-order chi connectivity index (χ0) is 19.3. The van der Waals surface area contributed by atoms with E-state index in [1.54, 1.807) is 0 Å². The van der Waals surface area contributed by atoms with Crippen LogP contribution in [0.2, 0.25) is 0 Å². The summed E-state index contributed by atoms with van der Waals surface area (Å²) in [6, 6.07) is 9.43. The van der Waals surface area contributed by atoms with Crippen molar-refractivity contribution in [2.45, 2.75) is 19.5 Å². The average molecular weight is 368 g/mol. The molecule has 0 bridgehead atoms. The first-order valence-electron chi connectivity index (χ1n) is 7.67. The second-order valence-electron chi connectivity index (χ2n) is 5.52. The molecule has 4 nitrogen and oxygen atoms in total. The van der Waals surface area contributed by atoms with Crippen molar-refractivity contribution in [1.29, 1.82) is 0 Å². The van der Waals surface area contributed by atoms with E-state index in [0.717, 1.165) is 18.2 Å². The highest BCUT2D eigenvalue weighted by Crippen LogP contribution is 2.30. The molecule has 8 heteroatoms. The van der Waals surface area contributed by atoms with E-state index in [0.29, 0.717) is 0 Å². The molecule has 0 atom stereocenters. The Kier molecular flexibility index (Phi) is 5.97. The maximum Gasteiger partial charge on any atom is 0.416 e. The van der Waals surface area contributed by atoms with E-state index in [1.807, 2.05) is 0 Å². The van der Waals surface area contributed by atoms with Crippen LogP contribution in [0.4, 0.5) is 28.9 Å². The predicted octanol–water partition coefficient (Wildman–Crippen LogP) is 4.23. The largest absolute Gasteiger partial charge is 0.416 e. The highest BCUT2D eigenvalue weighted by molar-refractivity contribution is 5.94. The Morgan fingerprint density at radius 1 is 1.08 bits per heavy atom. The monoisotopic (exact) mass is 368 g/mol. The van der Waals surface area contributed by atoms with Crippen LogP contribution in [-0.2, 0) is 15.8 Å². The molecule has 0 unspecified atom stereocenters. The number of anilines is 2. The van der Waals surface area contributed by atoms with Gasteiger partial charge in [-0.15, -0.1) is 0 Å². The van der Waals surface area contributed by atoms with Crippen molar-refractivity contribution in [2.24, 2.45) is 0 Å². The Labute approximate surface area is 147 Å². The average Bonchev–Trinajstić information content (AvgIpc) is 2.54. The first-order valence-corrected chi connectivity index (χ1v) is 7.67. The van der Waals surface area contributed by atoms with Gasteiger partial charge in [0.25, 0.3) is 0 Å². The molecular formula is C18H16F4N2O2. The minimum atomic E-state index is -4.47. The molecule has 0 aliphatic rings. The number of benzene rings is 2. The molecule has 0 fully saturated rings. The number of nitrogens with zero attached hydrogens (tertiary/aromatic N) is 1. The van der Waals surface area contributed by atoms with Crippen molar-refractivity contribution >= 4 is 23.2 Å². The number of amides is 2. The molecular weight excluding hydrogens is 352 g/mol. The van der Waals surface area contributed by atoms with Gasteiger partial charge in [-0.2, -0.15) is 13.2 Å². The van der Waals surface area contributed by atoms with E-state index in [4.69, 9.17) is 0 Å². The number of hydrogen-bond acceptors (Lipinski definition) is 2. The van der Waals surface area contributed by atoms with Gasteiger partial charge in [0.2, 0.25) is 11.8 Å². The van der Waals surface area contributed by atoms with Gasteiger partial charge in [-0.05, 0) is 42.5 Å². The molecule has 0 heterocycles. The van der Waals surface area contributed by atoms with Gasteiger partial charge in [0.15, 0.2) is 0 Å². The van der Waals surface area contributed by atoms with E-state index in [-0.39, 0.29) is 24.3 Å². The summed E-state index contributed by atoms with van der Waals surface area (Å²) in [5, 5.41) is 2.49. The summed E-state index contributed by atoms with van der Waals surface area (Å²) in [6.45, 7) is 1.23. The van der Waals surface area contributed by atoms with E-state index in [2.05, 4.69) is 5.32 Å². The SMILES string of the molecule is CC(=O)N(CCC(=O)Nc1cccc(F)c1)c1ccc(C(F)(F)F)cc1. The van der Waals surface area contributed by atoms with E-state index in [9.17, 15) is 27.2 Å². The highest BCUT2D eigenvalue weighted by atomic mass is 19.4. The summed E-state index contributed by atoms with van der Waals surface area (Å²) in [5.74, 6) is -1.37. The maximum atomic E-state index is 13.1. The van der Waals surface area contributed by atoms with Crippen molar-refractivity contribution < 1.29 is 27.2 Å². The van der Waals surface area contributed by atoms with E-state index >= 15 is 0 Å². The minimum Gasteiger partial charge on any atom is -0.326 e. The van der Waals surface area contributed by atoms with Crippen LogP contribution in [0.25, 0.3) is 0 Å². The highest BCUT2D eigenvalue weighted by Gasteiger charge is 2.30. The first-order chi connectivity index (χ1) is 12.2. The molecule has 0 aromatic heterocycles. The normalized spacial score (nSPS) is 11.1. The molecule has 2 aromatic carbocycles. The summed E-state index contributed by atoms with van der Waals surface area (Å²) >= 11 is 0. The van der Waals surface area contributed by atoms with Crippen molar-refractivity contribution in [2.75, 3.05) is 16.8 Å². The number of carbonyl (C=O) groups is 2. The van der Waals surface area contributed by atoms with Crippen LogP contribution in [0.15, 0.2) is 48.5 Å². The molecule has 0 saturated carbocycles. The van der Waals surface area contributed by atoms with Crippen molar-refractivity contribution in [3.05, 3.63) is 59.9 Å². The Hall–Kier alpha value is -2.90. The first kappa shape index (κ1) is 19.4. The third-order valence-corrected chi connectivity index (χ3v) is 3.56. The van der Waals surface area contributed by atoms with Crippen LogP contribution >= 0.6 is 0 Å². The lowest BCUT2D eigenvalue weighted by molar-refractivity contribution is -0.137. The van der Waals surface area contributed by atoms with Crippen molar-refractivity contribution in [3.8, 4) is 0 Å². The van der Waals surface area contributed by atoms with Gasteiger partial charge >= 0.3 is 6.18 Å². The number of carbonyl (C=O) groups excluding carboxylic acids is 2. The molecule has 0 aliphatic carbocycles. The zero-order valence-corrected chi connectivity index (χ0v) is 13.8. The van der Waals surface area contributed by atoms with Gasteiger partial charge in [0.1, 0.15) is 5.82 Å². The maximum absolute atomic E-state index is 13.1. The van der Waals surface area contributed by atoms with Gasteiger partial charge in [0.05, 0.1) is 5.56 Å². The molecule has 2 rings (SSSR count). The fourth-order valence-electron chi connectivity index (χ4n) is 2.30. The Bertz CT molecular complexity index is 789. The number of alkyl halides is 3. The van der Waals surface area contributed by atoms with Gasteiger partial charge in [0, 0.05) is 31.3 Å². The van der Waals surface area contributed by atoms with Gasteiger partial charge in [-0.1, -0.05) is 6.07 Å². The summed E-state index contributed by atoms with van der Waals surface area (Å²) in [4.78, 5) is 24.9. The van der Waals surface area contributed by atoms with Gasteiger partial charge in [-0.3, -0.25) is 9.59 Å². The lowest BCUT2D eigenvalue weighted by Crippen LogP contribution is -2.32. The molecule has 2 aromatic rings. The standard InChI is InChI=1S/C18H16F4N2O2/c1-12(25)24(16-7-5-13(6-8-16)18(20,21)22)10-9-17(26)23-15-4-2-3-14(19)11-15/h2-8,11H,9-10H2,1H3,(H,23,26). The summed E-state index contributed by atoms with van der Waals surface area (Å²) in [5.41, 5.74) is -0.295. The molecule has 0 saturated heterocycles. The molecule has 0 spiro atoms. The lowest BCUT2D eigenvalue weighted by Gasteiger charge is -2.21. The van der Waals surface area contributed by atoms with Crippen LogP contribution in [0, 0.1) is 5.82 Å². The number of hydrogen-bond donors (Lipinski definition) is 1. The topological polar surface area (TPSA) is 49.4 Å². The summed E-state index contributed by atoms with van der Waals surface area (Å²) < 4.78 is 50.9. The van der Waals surface area contributed by atoms with Crippen molar-refractivity contribution in [3.63, 3.8) is 0 Å². The van der Waals surface area contributed by atoms with Gasteiger partial charge < -0.3 is 10.2 Å². The quantitative estimate of drug-likeness (QED) is 0.803. The Morgan fingerprint density at radius 2 is 1.73 bits per heavy atom. The fraction of sp³-hybridized carbons (Fsp3) is 0.222. The molecule has 2 amide bonds. The van der Waals surface area contributed by atoms with E-state index in [1.165, 1.54) is 42.2 Å². The summed E-state index contributed by atoms with van der Waals surface area (Å²) in [6.07, 6.45) is -4.57. The fourth-order valence-corrected chi connectivity index (χ4v) is 2.30. The van der Waals surface area contributed by atoms with Crippen molar-refractivity contribution in [1.82, 2.24) is 0 Å². The summed E-state index contributed by atoms with van der Waals surface area (Å²) in [7, 11) is 0. The lowest BCUT2D eigenvalue weighted by atomic mass is 10.2. The number of halogens is 4. The van der Waals surface area contributed by atoms with Gasteiger partial charge in [-0.25, -0.2) is 4.39 Å². The molecule has 138 valence electrons. The Balaban J connectivity index is 2.02. The smallest absolute Gasteiger partial charge is 0.326 e. The molecule has 26 heavy (non-hydrogen) atoms. The van der Waals surface area contributed by atoms with Crippen LogP contribution in [0.3, 0.4) is 0 Å². The van der Waals surface area contributed by atoms with Crippen LogP contribution in [0.5, 0.6) is 0 Å². The minimum absolute atomic E-state index is 0.0259. The van der Waals surface area contributed by atoms with E-state index < -0.39 is 29.4 Å². The zero-order valence-electron chi connectivity index (χ0n) is 13.8. The molecule has 0 radical (unpaired) electrons. The third kappa shape index (κ3) is 5.30. The number of rotatable bonds is 5. The third-order valence-electron chi connectivity index (χ3n) is 3.56. The second-order valence-corrected chi connectivity index (χ2v) is 5.52. The van der Waals surface area contributed by atoms with Crippen LogP contribution < -0.4 is 10.2 Å². The second kappa shape index (κ2) is 7.99. The molecule has 1 N–H and O–H groups in total. The predicted molar refractivity (Wildman–Crippen MR) is 89.1 cm³/mol.